The fraction of sp³-hybridized carbons (Fsp3) is 1.00. The fourth-order valence-electron chi connectivity index (χ4n) is 4.34. The summed E-state index contributed by atoms with van der Waals surface area (Å²) in [5, 5.41) is 0. The zero-order chi connectivity index (χ0) is 27.3. The predicted octanol–water partition coefficient (Wildman–Crippen LogP) is 12.0. The molecule has 0 aliphatic heterocycles. The van der Waals surface area contributed by atoms with Gasteiger partial charge >= 0.3 is 0 Å². The second-order valence-corrected chi connectivity index (χ2v) is 14.5. The van der Waals surface area contributed by atoms with E-state index < -0.39 is 0 Å². The Labute approximate surface area is 214 Å². The maximum atomic E-state index is 2.35. The van der Waals surface area contributed by atoms with E-state index in [-0.39, 0.29) is 0 Å². The predicted molar refractivity (Wildman–Crippen MR) is 158 cm³/mol. The summed E-state index contributed by atoms with van der Waals surface area (Å²) < 4.78 is 0. The van der Waals surface area contributed by atoms with Gasteiger partial charge in [-0.1, -0.05) is 132 Å². The van der Waals surface area contributed by atoms with Crippen molar-refractivity contribution >= 4 is 0 Å². The van der Waals surface area contributed by atoms with E-state index in [1.54, 1.807) is 0 Å². The minimum Gasteiger partial charge on any atom is -0.0628 e. The van der Waals surface area contributed by atoms with Crippen LogP contribution in [0.3, 0.4) is 0 Å². The minimum atomic E-state index is 0.500. The molecule has 0 aromatic heterocycles. The molecule has 204 valence electrons. The van der Waals surface area contributed by atoms with Crippen LogP contribution in [0.15, 0.2) is 0 Å². The van der Waals surface area contributed by atoms with Crippen molar-refractivity contribution in [3.8, 4) is 0 Å². The fourth-order valence-corrected chi connectivity index (χ4v) is 4.34. The quantitative estimate of drug-likeness (QED) is 0.332. The SMILES string of the molecule is CC(C)C(C)(C)C(C)C.CC(C)C(C)C(C)C.CC(C)C1(C(C)C)CC1.CC(C)CC(C)C. The van der Waals surface area contributed by atoms with Crippen LogP contribution < -0.4 is 0 Å². The molecule has 0 atom stereocenters. The first-order valence-corrected chi connectivity index (χ1v) is 14.7. The number of hydrogen-bond acceptors (Lipinski definition) is 0. The van der Waals surface area contributed by atoms with Gasteiger partial charge in [0.05, 0.1) is 0 Å². The zero-order valence-electron chi connectivity index (χ0n) is 27.3. The Hall–Kier alpha value is 0. The molecule has 1 aliphatic rings. The Morgan fingerprint density at radius 2 is 0.788 bits per heavy atom. The summed E-state index contributed by atoms with van der Waals surface area (Å²) in [5.74, 6) is 7.69. The monoisotopic (exact) mass is 469 g/mol. The molecule has 0 aromatic rings. The van der Waals surface area contributed by atoms with Gasteiger partial charge in [-0.2, -0.15) is 0 Å². The van der Waals surface area contributed by atoms with Crippen molar-refractivity contribution in [1.29, 1.82) is 0 Å². The minimum absolute atomic E-state index is 0.500. The molecule has 0 saturated heterocycles. The second kappa shape index (κ2) is 17.4. The van der Waals surface area contributed by atoms with Crippen LogP contribution in [0, 0.1) is 64.1 Å². The lowest BCUT2D eigenvalue weighted by atomic mass is 9.72. The van der Waals surface area contributed by atoms with Gasteiger partial charge in [0.1, 0.15) is 0 Å². The molecule has 0 bridgehead atoms. The highest BCUT2D eigenvalue weighted by Gasteiger charge is 2.47. The molecule has 33 heavy (non-hydrogen) atoms. The van der Waals surface area contributed by atoms with Crippen molar-refractivity contribution < 1.29 is 0 Å². The van der Waals surface area contributed by atoms with E-state index in [9.17, 15) is 0 Å². The normalized spacial score (nSPS) is 15.3. The first-order valence-electron chi connectivity index (χ1n) is 14.7. The van der Waals surface area contributed by atoms with E-state index in [1.807, 2.05) is 0 Å². The van der Waals surface area contributed by atoms with E-state index in [0.717, 1.165) is 58.7 Å². The first kappa shape index (κ1) is 37.5. The second-order valence-electron chi connectivity index (χ2n) is 14.5. The molecule has 1 aliphatic carbocycles. The highest BCUT2D eigenvalue weighted by Crippen LogP contribution is 2.57. The van der Waals surface area contributed by atoms with Crippen LogP contribution in [0.5, 0.6) is 0 Å². The van der Waals surface area contributed by atoms with Crippen LogP contribution in [0.2, 0.25) is 0 Å². The van der Waals surface area contributed by atoms with E-state index in [1.165, 1.54) is 19.3 Å². The lowest BCUT2D eigenvalue weighted by molar-refractivity contribution is 0.165. The van der Waals surface area contributed by atoms with Gasteiger partial charge < -0.3 is 0 Å². The van der Waals surface area contributed by atoms with Crippen LogP contribution in [0.1, 0.15) is 151 Å². The third-order valence-electron chi connectivity index (χ3n) is 9.15. The van der Waals surface area contributed by atoms with E-state index in [0.29, 0.717) is 5.41 Å². The lowest BCUT2D eigenvalue weighted by Crippen LogP contribution is -2.25. The van der Waals surface area contributed by atoms with Gasteiger partial charge in [-0.15, -0.1) is 0 Å². The van der Waals surface area contributed by atoms with Crippen molar-refractivity contribution in [2.75, 3.05) is 0 Å². The smallest absolute Gasteiger partial charge is 0.0251 e. The summed E-state index contributed by atoms with van der Waals surface area (Å²) in [4.78, 5) is 0. The van der Waals surface area contributed by atoms with Crippen molar-refractivity contribution in [2.24, 2.45) is 64.1 Å². The molecule has 1 saturated carbocycles. The summed E-state index contributed by atoms with van der Waals surface area (Å²) in [6, 6.07) is 0. The van der Waals surface area contributed by atoms with E-state index >= 15 is 0 Å². The lowest BCUT2D eigenvalue weighted by Gasteiger charge is -2.33. The molecule has 0 heterocycles. The topological polar surface area (TPSA) is 0 Å². The molecular weight excluding hydrogens is 396 g/mol. The number of rotatable bonds is 8. The molecule has 1 fully saturated rings. The molecular formula is C33H72. The van der Waals surface area contributed by atoms with E-state index in [4.69, 9.17) is 0 Å². The summed E-state index contributed by atoms with van der Waals surface area (Å²) >= 11 is 0. The van der Waals surface area contributed by atoms with Crippen LogP contribution >= 0.6 is 0 Å². The number of hydrogen-bond donors (Lipinski definition) is 0. The van der Waals surface area contributed by atoms with Crippen molar-refractivity contribution in [2.45, 2.75) is 151 Å². The Morgan fingerprint density at radius 3 is 0.788 bits per heavy atom. The average Bonchev–Trinajstić information content (AvgIpc) is 3.43. The molecule has 0 N–H and O–H groups in total. The van der Waals surface area contributed by atoms with Gasteiger partial charge in [-0.25, -0.2) is 0 Å². The molecule has 0 radical (unpaired) electrons. The highest BCUT2D eigenvalue weighted by atomic mass is 14.5. The van der Waals surface area contributed by atoms with Gasteiger partial charge in [0, 0.05) is 0 Å². The average molecular weight is 469 g/mol. The van der Waals surface area contributed by atoms with Crippen LogP contribution in [0.25, 0.3) is 0 Å². The van der Waals surface area contributed by atoms with Crippen LogP contribution in [-0.2, 0) is 0 Å². The molecule has 0 heteroatoms. The third-order valence-corrected chi connectivity index (χ3v) is 9.15. The van der Waals surface area contributed by atoms with Crippen molar-refractivity contribution in [3.05, 3.63) is 0 Å². The first-order chi connectivity index (χ1) is 14.7. The largest absolute Gasteiger partial charge is 0.0628 e. The Morgan fingerprint density at radius 1 is 0.515 bits per heavy atom. The van der Waals surface area contributed by atoms with Gasteiger partial charge in [-0.05, 0) is 83.4 Å². The van der Waals surface area contributed by atoms with Gasteiger partial charge in [0.2, 0.25) is 0 Å². The third kappa shape index (κ3) is 17.1. The zero-order valence-corrected chi connectivity index (χ0v) is 27.3. The molecule has 0 spiro atoms. The Bertz CT molecular complexity index is 379. The standard InChI is InChI=1S/C9H18.C9H20.C8H18.C7H16/c1-7(2)9(5-6-9)8(3)4;1-7(2)9(5,6)8(3)4;1-6(2)8(5)7(3)4;1-6(2)5-7(3)4/h7-8H,5-6H2,1-4H3;7-8H,1-6H3;6-8H,1-5H3;6-7H,5H2,1-4H3. The molecule has 0 unspecified atom stereocenters. The molecule has 0 nitrogen and oxygen atoms in total. The maximum Gasteiger partial charge on any atom is -0.0251 e. The summed E-state index contributed by atoms with van der Waals surface area (Å²) in [7, 11) is 0. The molecule has 0 amide bonds. The molecule has 0 aromatic carbocycles. The summed E-state index contributed by atoms with van der Waals surface area (Å²) in [6.45, 7) is 43.8. The van der Waals surface area contributed by atoms with Crippen LogP contribution in [0.4, 0.5) is 0 Å². The summed E-state index contributed by atoms with van der Waals surface area (Å²) in [6.07, 6.45) is 4.31. The van der Waals surface area contributed by atoms with Crippen molar-refractivity contribution in [3.63, 3.8) is 0 Å². The summed E-state index contributed by atoms with van der Waals surface area (Å²) in [5.41, 5.74) is 1.25. The Kier molecular flexibility index (Phi) is 19.8. The van der Waals surface area contributed by atoms with Gasteiger partial charge in [0.15, 0.2) is 0 Å². The van der Waals surface area contributed by atoms with Gasteiger partial charge in [0.25, 0.3) is 0 Å². The van der Waals surface area contributed by atoms with E-state index in [2.05, 4.69) is 132 Å². The molecule has 1 rings (SSSR count). The van der Waals surface area contributed by atoms with Gasteiger partial charge in [-0.3, -0.25) is 0 Å². The Balaban J connectivity index is -0.000000366. The maximum absolute atomic E-state index is 2.35. The highest BCUT2D eigenvalue weighted by molar-refractivity contribution is 4.97. The van der Waals surface area contributed by atoms with Crippen molar-refractivity contribution in [1.82, 2.24) is 0 Å². The van der Waals surface area contributed by atoms with Crippen LogP contribution in [-0.4, -0.2) is 0 Å².